The van der Waals surface area contributed by atoms with E-state index in [4.69, 9.17) is 4.42 Å². The molecule has 0 aliphatic carbocycles. The highest BCUT2D eigenvalue weighted by Crippen LogP contribution is 2.15. The molecular weight excluding hydrogens is 206 g/mol. The maximum absolute atomic E-state index is 5.49. The van der Waals surface area contributed by atoms with Gasteiger partial charge in [-0.2, -0.15) is 0 Å². The molecule has 16 heavy (non-hydrogen) atoms. The highest BCUT2D eigenvalue weighted by atomic mass is 16.4. The Labute approximate surface area is 93.1 Å². The zero-order chi connectivity index (χ0) is 11.2. The monoisotopic (exact) mass is 219 g/mol. The third-order valence-electron chi connectivity index (χ3n) is 2.09. The SMILES string of the molecule is CNCCCc1nnc(-c2cncnc2)o1. The van der Waals surface area contributed by atoms with Gasteiger partial charge >= 0.3 is 0 Å². The average molecular weight is 219 g/mol. The molecule has 6 heteroatoms. The van der Waals surface area contributed by atoms with Crippen LogP contribution in [0.25, 0.3) is 11.5 Å². The van der Waals surface area contributed by atoms with Gasteiger partial charge in [0.15, 0.2) is 0 Å². The molecule has 0 fully saturated rings. The molecule has 0 atom stereocenters. The van der Waals surface area contributed by atoms with Crippen molar-refractivity contribution in [2.75, 3.05) is 13.6 Å². The molecule has 1 N–H and O–H groups in total. The van der Waals surface area contributed by atoms with Crippen LogP contribution in [-0.4, -0.2) is 33.8 Å². The van der Waals surface area contributed by atoms with Crippen molar-refractivity contribution in [1.82, 2.24) is 25.5 Å². The van der Waals surface area contributed by atoms with E-state index in [0.717, 1.165) is 24.9 Å². The van der Waals surface area contributed by atoms with E-state index >= 15 is 0 Å². The van der Waals surface area contributed by atoms with Gasteiger partial charge in [0.25, 0.3) is 5.89 Å². The summed E-state index contributed by atoms with van der Waals surface area (Å²) in [7, 11) is 1.92. The third kappa shape index (κ3) is 2.60. The summed E-state index contributed by atoms with van der Waals surface area (Å²) in [6.07, 6.45) is 6.52. The quantitative estimate of drug-likeness (QED) is 0.745. The molecular formula is C10H13N5O. The van der Waals surface area contributed by atoms with Gasteiger partial charge in [-0.25, -0.2) is 9.97 Å². The van der Waals surface area contributed by atoms with Crippen LogP contribution in [0.15, 0.2) is 23.1 Å². The second-order valence-electron chi connectivity index (χ2n) is 3.34. The van der Waals surface area contributed by atoms with Gasteiger partial charge in [-0.05, 0) is 20.0 Å². The average Bonchev–Trinajstić information content (AvgIpc) is 2.79. The molecule has 6 nitrogen and oxygen atoms in total. The summed E-state index contributed by atoms with van der Waals surface area (Å²) in [5.41, 5.74) is 0.745. The molecule has 0 aliphatic heterocycles. The summed E-state index contributed by atoms with van der Waals surface area (Å²) in [4.78, 5) is 7.79. The predicted molar refractivity (Wildman–Crippen MR) is 57.6 cm³/mol. The van der Waals surface area contributed by atoms with Crippen LogP contribution in [0.4, 0.5) is 0 Å². The Morgan fingerprint density at radius 1 is 1.25 bits per heavy atom. The molecule has 84 valence electrons. The predicted octanol–water partition coefficient (Wildman–Crippen LogP) is 0.679. The maximum Gasteiger partial charge on any atom is 0.250 e. The van der Waals surface area contributed by atoms with E-state index in [9.17, 15) is 0 Å². The summed E-state index contributed by atoms with van der Waals surface area (Å²) >= 11 is 0. The lowest BCUT2D eigenvalue weighted by molar-refractivity contribution is 0.494. The van der Waals surface area contributed by atoms with E-state index in [2.05, 4.69) is 25.5 Å². The first kappa shape index (κ1) is 10.7. The van der Waals surface area contributed by atoms with E-state index in [1.807, 2.05) is 7.05 Å². The molecule has 0 aliphatic rings. The fourth-order valence-corrected chi connectivity index (χ4v) is 1.30. The molecule has 0 bridgehead atoms. The molecule has 0 saturated carbocycles. The minimum absolute atomic E-state index is 0.472. The fourth-order valence-electron chi connectivity index (χ4n) is 1.30. The van der Waals surface area contributed by atoms with Crippen LogP contribution in [-0.2, 0) is 6.42 Å². The Bertz CT molecular complexity index is 428. The highest BCUT2D eigenvalue weighted by molar-refractivity contribution is 5.48. The first-order valence-corrected chi connectivity index (χ1v) is 5.12. The molecule has 2 aromatic rings. The molecule has 2 heterocycles. The van der Waals surface area contributed by atoms with Crippen LogP contribution < -0.4 is 5.32 Å². The summed E-state index contributed by atoms with van der Waals surface area (Å²) in [5, 5.41) is 11.0. The van der Waals surface area contributed by atoms with Crippen LogP contribution in [0, 0.1) is 0 Å². The molecule has 2 rings (SSSR count). The molecule has 0 amide bonds. The number of nitrogens with one attached hydrogen (secondary N) is 1. The normalized spacial score (nSPS) is 10.6. The van der Waals surface area contributed by atoms with Crippen LogP contribution in [0.5, 0.6) is 0 Å². The summed E-state index contributed by atoms with van der Waals surface area (Å²) in [5.74, 6) is 1.12. The van der Waals surface area contributed by atoms with E-state index in [0.29, 0.717) is 11.8 Å². The molecule has 0 aromatic carbocycles. The first-order valence-electron chi connectivity index (χ1n) is 5.12. The number of rotatable bonds is 5. The Morgan fingerprint density at radius 3 is 2.81 bits per heavy atom. The molecule has 0 saturated heterocycles. The summed E-state index contributed by atoms with van der Waals surface area (Å²) < 4.78 is 5.49. The zero-order valence-electron chi connectivity index (χ0n) is 9.05. The number of hydrogen-bond acceptors (Lipinski definition) is 6. The second-order valence-corrected chi connectivity index (χ2v) is 3.34. The minimum atomic E-state index is 0.472. The summed E-state index contributed by atoms with van der Waals surface area (Å²) in [6, 6.07) is 0. The van der Waals surface area contributed by atoms with E-state index < -0.39 is 0 Å². The van der Waals surface area contributed by atoms with Gasteiger partial charge in [-0.3, -0.25) is 0 Å². The van der Waals surface area contributed by atoms with Crippen LogP contribution >= 0.6 is 0 Å². The van der Waals surface area contributed by atoms with E-state index in [1.54, 1.807) is 12.4 Å². The van der Waals surface area contributed by atoms with Crippen molar-refractivity contribution in [2.24, 2.45) is 0 Å². The van der Waals surface area contributed by atoms with Gasteiger partial charge in [0.2, 0.25) is 5.89 Å². The molecule has 0 spiro atoms. The van der Waals surface area contributed by atoms with Gasteiger partial charge in [-0.15, -0.1) is 10.2 Å². The number of hydrogen-bond donors (Lipinski definition) is 1. The van der Waals surface area contributed by atoms with Crippen molar-refractivity contribution in [3.8, 4) is 11.5 Å². The smallest absolute Gasteiger partial charge is 0.250 e. The first-order chi connectivity index (χ1) is 7.90. The van der Waals surface area contributed by atoms with Crippen molar-refractivity contribution in [3.63, 3.8) is 0 Å². The fraction of sp³-hybridized carbons (Fsp3) is 0.400. The zero-order valence-corrected chi connectivity index (χ0v) is 9.05. The largest absolute Gasteiger partial charge is 0.421 e. The van der Waals surface area contributed by atoms with Crippen LogP contribution in [0.2, 0.25) is 0 Å². The van der Waals surface area contributed by atoms with Crippen LogP contribution in [0.3, 0.4) is 0 Å². The van der Waals surface area contributed by atoms with E-state index in [-0.39, 0.29) is 0 Å². The lowest BCUT2D eigenvalue weighted by Crippen LogP contribution is -2.08. The molecule has 0 unspecified atom stereocenters. The summed E-state index contributed by atoms with van der Waals surface area (Å²) in [6.45, 7) is 0.937. The van der Waals surface area contributed by atoms with Crippen molar-refractivity contribution >= 4 is 0 Å². The van der Waals surface area contributed by atoms with E-state index in [1.165, 1.54) is 6.33 Å². The van der Waals surface area contributed by atoms with Crippen molar-refractivity contribution < 1.29 is 4.42 Å². The standard InChI is InChI=1S/C10H13N5O/c1-11-4-2-3-9-14-15-10(16-9)8-5-12-7-13-6-8/h5-7,11H,2-4H2,1H3. The minimum Gasteiger partial charge on any atom is -0.421 e. The van der Waals surface area contributed by atoms with Gasteiger partial charge in [-0.1, -0.05) is 0 Å². The number of nitrogens with zero attached hydrogens (tertiary/aromatic N) is 4. The topological polar surface area (TPSA) is 76.7 Å². The van der Waals surface area contributed by atoms with Crippen molar-refractivity contribution in [2.45, 2.75) is 12.8 Å². The Balaban J connectivity index is 2.02. The van der Waals surface area contributed by atoms with Gasteiger partial charge in [0.05, 0.1) is 5.56 Å². The van der Waals surface area contributed by atoms with Gasteiger partial charge < -0.3 is 9.73 Å². The van der Waals surface area contributed by atoms with Gasteiger partial charge in [0, 0.05) is 18.8 Å². The molecule has 0 radical (unpaired) electrons. The molecule has 2 aromatic heterocycles. The Kier molecular flexibility index (Phi) is 3.55. The maximum atomic E-state index is 5.49. The Morgan fingerprint density at radius 2 is 2.06 bits per heavy atom. The van der Waals surface area contributed by atoms with Crippen LogP contribution in [0.1, 0.15) is 12.3 Å². The second kappa shape index (κ2) is 5.32. The lowest BCUT2D eigenvalue weighted by Gasteiger charge is -1.94. The van der Waals surface area contributed by atoms with Crippen molar-refractivity contribution in [3.05, 3.63) is 24.6 Å². The highest BCUT2D eigenvalue weighted by Gasteiger charge is 2.08. The number of aromatic nitrogens is 4. The lowest BCUT2D eigenvalue weighted by atomic mass is 10.3. The number of aryl methyl sites for hydroxylation is 1. The van der Waals surface area contributed by atoms with Crippen molar-refractivity contribution in [1.29, 1.82) is 0 Å². The Hall–Kier alpha value is -1.82. The van der Waals surface area contributed by atoms with Gasteiger partial charge in [0.1, 0.15) is 6.33 Å². The third-order valence-corrected chi connectivity index (χ3v) is 2.09.